The van der Waals surface area contributed by atoms with Gasteiger partial charge in [0.2, 0.25) is 5.91 Å². The fourth-order valence-electron chi connectivity index (χ4n) is 5.16. The summed E-state index contributed by atoms with van der Waals surface area (Å²) >= 11 is 0. The normalized spacial score (nSPS) is 13.4. The number of hydrogen-bond acceptors (Lipinski definition) is 5. The van der Waals surface area contributed by atoms with E-state index in [0.717, 1.165) is 22.0 Å². The molecule has 3 heterocycles. The number of benzene rings is 3. The Morgan fingerprint density at radius 1 is 0.902 bits per heavy atom. The number of carbonyl (C=O) groups excluding carboxylic acids is 3. The number of amides is 3. The van der Waals surface area contributed by atoms with Crippen molar-refractivity contribution in [3.63, 3.8) is 0 Å². The van der Waals surface area contributed by atoms with E-state index in [2.05, 4.69) is 0 Å². The van der Waals surface area contributed by atoms with Gasteiger partial charge in [0.15, 0.2) is 5.69 Å². The van der Waals surface area contributed by atoms with Gasteiger partial charge >= 0.3 is 0 Å². The van der Waals surface area contributed by atoms with E-state index in [0.29, 0.717) is 42.3 Å². The zero-order chi connectivity index (χ0) is 28.5. The molecule has 0 fully saturated rings. The maximum Gasteiger partial charge on any atom is 0.275 e. The van der Waals surface area contributed by atoms with Gasteiger partial charge in [0.1, 0.15) is 12.3 Å². The monoisotopic (exact) mass is 547 g/mol. The highest BCUT2D eigenvalue weighted by atomic mass is 16.3. The first-order valence-electron chi connectivity index (χ1n) is 13.3. The molecule has 0 N–H and O–H groups in total. The molecule has 3 aromatic carbocycles. The summed E-state index contributed by atoms with van der Waals surface area (Å²) in [4.78, 5) is 43.8. The largest absolute Gasteiger partial charge is 0.467 e. The maximum absolute atomic E-state index is 13.3. The topological polar surface area (TPSA) is 91.9 Å². The lowest BCUT2D eigenvalue weighted by molar-refractivity contribution is -0.119. The molecule has 0 aliphatic carbocycles. The zero-order valence-electron chi connectivity index (χ0n) is 22.9. The molecule has 1 aliphatic heterocycles. The molecule has 6 rings (SSSR count). The van der Waals surface area contributed by atoms with Gasteiger partial charge in [0.05, 0.1) is 42.7 Å². The molecule has 0 saturated carbocycles. The van der Waals surface area contributed by atoms with Gasteiger partial charge in [0, 0.05) is 19.5 Å². The zero-order valence-corrected chi connectivity index (χ0v) is 22.9. The van der Waals surface area contributed by atoms with Crippen molar-refractivity contribution in [1.29, 1.82) is 0 Å². The summed E-state index contributed by atoms with van der Waals surface area (Å²) in [6.45, 7) is 1.20. The van der Waals surface area contributed by atoms with E-state index in [1.165, 1.54) is 4.90 Å². The quantitative estimate of drug-likeness (QED) is 0.298. The minimum absolute atomic E-state index is 0.0235. The number of likely N-dealkylation sites (N-methyl/N-ethyl adjacent to an activating group) is 1. The van der Waals surface area contributed by atoms with Gasteiger partial charge in [-0.3, -0.25) is 19.1 Å². The number of anilines is 1. The van der Waals surface area contributed by atoms with Crippen molar-refractivity contribution >= 4 is 34.3 Å². The third-order valence-corrected chi connectivity index (χ3v) is 7.32. The second-order valence-corrected chi connectivity index (χ2v) is 10.2. The van der Waals surface area contributed by atoms with Gasteiger partial charge in [-0.05, 0) is 41.5 Å². The van der Waals surface area contributed by atoms with Crippen LogP contribution in [0, 0.1) is 0 Å². The first kappa shape index (κ1) is 26.1. The van der Waals surface area contributed by atoms with E-state index in [4.69, 9.17) is 9.52 Å². The Morgan fingerprint density at radius 2 is 1.61 bits per heavy atom. The molecule has 0 unspecified atom stereocenters. The number of fused-ring (bicyclic) bond motifs is 2. The lowest BCUT2D eigenvalue weighted by Gasteiger charge is -2.22. The Labute approximate surface area is 237 Å². The predicted molar refractivity (Wildman–Crippen MR) is 154 cm³/mol. The Bertz CT molecular complexity index is 1740. The van der Waals surface area contributed by atoms with Crippen molar-refractivity contribution < 1.29 is 18.8 Å². The van der Waals surface area contributed by atoms with Crippen molar-refractivity contribution in [3.05, 3.63) is 119 Å². The number of nitrogens with zero attached hydrogens (tertiary/aromatic N) is 5. The van der Waals surface area contributed by atoms with Crippen molar-refractivity contribution in [1.82, 2.24) is 19.6 Å². The molecule has 3 amide bonds. The third-order valence-electron chi connectivity index (χ3n) is 7.32. The highest BCUT2D eigenvalue weighted by Crippen LogP contribution is 2.27. The summed E-state index contributed by atoms with van der Waals surface area (Å²) in [5.74, 6) is 0.224. The fourth-order valence-corrected chi connectivity index (χ4v) is 5.16. The molecule has 0 bridgehead atoms. The number of furan rings is 1. The van der Waals surface area contributed by atoms with Crippen LogP contribution in [0.1, 0.15) is 37.7 Å². The first-order chi connectivity index (χ1) is 19.9. The van der Waals surface area contributed by atoms with Crippen molar-refractivity contribution in [3.8, 4) is 0 Å². The van der Waals surface area contributed by atoms with Crippen molar-refractivity contribution in [2.45, 2.75) is 19.6 Å². The van der Waals surface area contributed by atoms with E-state index >= 15 is 0 Å². The summed E-state index contributed by atoms with van der Waals surface area (Å²) < 4.78 is 7.24. The van der Waals surface area contributed by atoms with Gasteiger partial charge in [0.25, 0.3) is 11.8 Å². The van der Waals surface area contributed by atoms with Gasteiger partial charge in [-0.15, -0.1) is 0 Å². The SMILES string of the molecule is CN1CC(=O)N(Cc2ccc(Cn3nc(C(=O)N(C)Cc4ccco4)c4ccccc43)cc2)c2ccccc2C1=O. The van der Waals surface area contributed by atoms with E-state index < -0.39 is 0 Å². The Hall–Kier alpha value is -5.18. The van der Waals surface area contributed by atoms with E-state index in [9.17, 15) is 14.4 Å². The molecule has 41 heavy (non-hydrogen) atoms. The molecule has 5 aromatic rings. The lowest BCUT2D eigenvalue weighted by Crippen LogP contribution is -2.37. The number of hydrogen-bond donors (Lipinski definition) is 0. The smallest absolute Gasteiger partial charge is 0.275 e. The van der Waals surface area contributed by atoms with E-state index in [1.807, 2.05) is 77.5 Å². The van der Waals surface area contributed by atoms with E-state index in [-0.39, 0.29) is 24.3 Å². The average Bonchev–Trinajstić information content (AvgIpc) is 3.62. The first-order valence-corrected chi connectivity index (χ1v) is 13.3. The molecule has 9 heteroatoms. The molecule has 206 valence electrons. The minimum Gasteiger partial charge on any atom is -0.467 e. The fraction of sp³-hybridized carbons (Fsp3) is 0.188. The predicted octanol–water partition coefficient (Wildman–Crippen LogP) is 4.57. The third kappa shape index (κ3) is 5.09. The number of carbonyl (C=O) groups is 3. The molecular weight excluding hydrogens is 518 g/mol. The van der Waals surface area contributed by atoms with Crippen LogP contribution in [-0.4, -0.2) is 57.9 Å². The van der Waals surface area contributed by atoms with Crippen molar-refractivity contribution in [2.75, 3.05) is 25.5 Å². The van der Waals surface area contributed by atoms with Crippen LogP contribution in [0.25, 0.3) is 10.9 Å². The summed E-state index contributed by atoms with van der Waals surface area (Å²) in [5.41, 5.74) is 4.34. The van der Waals surface area contributed by atoms with Crippen LogP contribution in [0.2, 0.25) is 0 Å². The molecular formula is C32H29N5O4. The Balaban J connectivity index is 1.22. The van der Waals surface area contributed by atoms with Gasteiger partial charge in [-0.2, -0.15) is 5.10 Å². The summed E-state index contributed by atoms with van der Waals surface area (Å²) in [6, 6.07) is 26.5. The number of rotatable bonds is 7. The molecule has 0 spiro atoms. The van der Waals surface area contributed by atoms with Crippen LogP contribution in [0.15, 0.2) is 95.6 Å². The average molecular weight is 548 g/mol. The van der Waals surface area contributed by atoms with Crippen LogP contribution in [-0.2, 0) is 24.4 Å². The van der Waals surface area contributed by atoms with Crippen LogP contribution in [0.4, 0.5) is 5.69 Å². The highest BCUT2D eigenvalue weighted by Gasteiger charge is 2.29. The highest BCUT2D eigenvalue weighted by molar-refractivity contribution is 6.09. The minimum atomic E-state index is -0.182. The maximum atomic E-state index is 13.3. The van der Waals surface area contributed by atoms with Crippen LogP contribution in [0.5, 0.6) is 0 Å². The Kier molecular flexibility index (Phi) is 6.84. The van der Waals surface area contributed by atoms with Crippen LogP contribution in [0.3, 0.4) is 0 Å². The van der Waals surface area contributed by atoms with Gasteiger partial charge in [-0.25, -0.2) is 0 Å². The van der Waals surface area contributed by atoms with Crippen molar-refractivity contribution in [2.24, 2.45) is 0 Å². The number of para-hydroxylation sites is 2. The summed E-state index contributed by atoms with van der Waals surface area (Å²) in [6.07, 6.45) is 1.59. The summed E-state index contributed by atoms with van der Waals surface area (Å²) in [7, 11) is 3.38. The molecule has 0 saturated heterocycles. The number of aromatic nitrogens is 2. The van der Waals surface area contributed by atoms with Gasteiger partial charge in [-0.1, -0.05) is 54.6 Å². The molecule has 1 aliphatic rings. The van der Waals surface area contributed by atoms with Crippen LogP contribution < -0.4 is 4.90 Å². The lowest BCUT2D eigenvalue weighted by atomic mass is 10.1. The molecule has 2 aromatic heterocycles. The Morgan fingerprint density at radius 3 is 2.37 bits per heavy atom. The molecule has 0 radical (unpaired) electrons. The van der Waals surface area contributed by atoms with Gasteiger partial charge < -0.3 is 19.1 Å². The van der Waals surface area contributed by atoms with Crippen LogP contribution >= 0.6 is 0 Å². The second-order valence-electron chi connectivity index (χ2n) is 10.2. The second kappa shape index (κ2) is 10.8. The standard InChI is InChI=1S/C32H29N5O4/c1-34(20-24-8-7-17-41-24)32(40)30-25-9-3-6-12-28(25)37(33-30)19-23-15-13-22(14-16-23)18-36-27-11-5-4-10-26(27)31(39)35(2)21-29(36)38/h3-17H,18-21H2,1-2H3. The molecule has 0 atom stereocenters. The summed E-state index contributed by atoms with van der Waals surface area (Å²) in [5, 5.41) is 5.51. The van der Waals surface area contributed by atoms with E-state index in [1.54, 1.807) is 42.3 Å². The molecule has 9 nitrogen and oxygen atoms in total.